The molecule has 0 nitrogen and oxygen atoms in total. The van der Waals surface area contributed by atoms with Crippen LogP contribution in [0, 0.1) is 11.6 Å². The lowest BCUT2D eigenvalue weighted by molar-refractivity contribution is 0.503. The largest absolute Gasteiger partial charge is 0.204 e. The highest BCUT2D eigenvalue weighted by Gasteiger charge is 2.13. The van der Waals surface area contributed by atoms with Crippen LogP contribution in [-0.4, -0.2) is 0 Å². The third-order valence-electron chi connectivity index (χ3n) is 1.35. The van der Waals surface area contributed by atoms with Crippen LogP contribution in [0.3, 0.4) is 0 Å². The summed E-state index contributed by atoms with van der Waals surface area (Å²) < 4.78 is 37.6. The summed E-state index contributed by atoms with van der Waals surface area (Å²) in [5.41, 5.74) is -0.583. The lowest BCUT2D eigenvalue weighted by Gasteiger charge is -2.00. The molecule has 0 spiro atoms. The van der Waals surface area contributed by atoms with Crippen LogP contribution in [0.2, 0.25) is 0 Å². The molecule has 1 aromatic carbocycles. The molecule has 0 N–H and O–H groups in total. The maximum absolute atomic E-state index is 12.9. The summed E-state index contributed by atoms with van der Waals surface area (Å²) in [6.45, 7) is 0. The van der Waals surface area contributed by atoms with Gasteiger partial charge in [-0.3, -0.25) is 0 Å². The third-order valence-corrected chi connectivity index (χ3v) is 1.69. The van der Waals surface area contributed by atoms with Gasteiger partial charge in [0.15, 0.2) is 17.5 Å². The first-order valence-corrected chi connectivity index (χ1v) is 3.94. The predicted octanol–water partition coefficient (Wildman–Crippen LogP) is 4.04. The second-order valence-electron chi connectivity index (χ2n) is 2.18. The zero-order valence-corrected chi connectivity index (χ0v) is 7.63. The van der Waals surface area contributed by atoms with E-state index in [0.29, 0.717) is 0 Å². The Kier molecular flexibility index (Phi) is 3.22. The number of benzene rings is 1. The molecule has 0 fully saturated rings. The smallest absolute Gasteiger partial charge is 0.169 e. The highest BCUT2D eigenvalue weighted by Crippen LogP contribution is 2.28. The van der Waals surface area contributed by atoms with E-state index in [1.807, 2.05) is 0 Å². The maximum atomic E-state index is 12.9. The maximum Gasteiger partial charge on any atom is 0.169 e. The van der Waals surface area contributed by atoms with Gasteiger partial charge in [0.05, 0.1) is 5.56 Å². The number of hydrogen-bond acceptors (Lipinski definition) is 0. The fourth-order valence-corrected chi connectivity index (χ4v) is 0.979. The Morgan fingerprint density at radius 1 is 1.15 bits per heavy atom. The van der Waals surface area contributed by atoms with Crippen LogP contribution in [0.1, 0.15) is 5.56 Å². The Hall–Kier alpha value is -0.670. The summed E-state index contributed by atoms with van der Waals surface area (Å²) >= 11 is 10.1. The Morgan fingerprint density at radius 3 is 2.31 bits per heavy atom. The molecule has 0 aliphatic rings. The zero-order valence-electron chi connectivity index (χ0n) is 6.12. The molecule has 0 aromatic heterocycles. The van der Waals surface area contributed by atoms with E-state index in [4.69, 9.17) is 23.2 Å². The molecular weight excluding hydrogens is 224 g/mol. The minimum atomic E-state index is -1.31. The average molecular weight is 227 g/mol. The molecule has 13 heavy (non-hydrogen) atoms. The Morgan fingerprint density at radius 2 is 1.77 bits per heavy atom. The molecule has 0 amide bonds. The molecule has 0 saturated heterocycles. The fourth-order valence-electron chi connectivity index (χ4n) is 0.775. The number of halogens is 5. The molecule has 0 heterocycles. The van der Waals surface area contributed by atoms with Crippen LogP contribution in [0.15, 0.2) is 22.7 Å². The number of rotatable bonds is 1. The van der Waals surface area contributed by atoms with Crippen molar-refractivity contribution in [3.05, 3.63) is 39.9 Å². The zero-order chi connectivity index (χ0) is 10.0. The molecule has 1 aromatic rings. The van der Waals surface area contributed by atoms with Crippen LogP contribution in [0.4, 0.5) is 13.2 Å². The number of hydrogen-bond donors (Lipinski definition) is 0. The van der Waals surface area contributed by atoms with Crippen molar-refractivity contribution < 1.29 is 13.2 Å². The van der Waals surface area contributed by atoms with Gasteiger partial charge in [-0.15, -0.1) is 0 Å². The van der Waals surface area contributed by atoms with Gasteiger partial charge in [-0.25, -0.2) is 13.2 Å². The van der Waals surface area contributed by atoms with E-state index in [-0.39, 0.29) is 0 Å². The van der Waals surface area contributed by atoms with Gasteiger partial charge in [-0.05, 0) is 12.1 Å². The Labute approximate surface area is 82.6 Å². The van der Waals surface area contributed by atoms with E-state index in [1.54, 1.807) is 0 Å². The molecule has 0 saturated carbocycles. The highest BCUT2D eigenvalue weighted by atomic mass is 35.5. The Balaban J connectivity index is 3.32. The van der Waals surface area contributed by atoms with Gasteiger partial charge in [-0.1, -0.05) is 29.3 Å². The molecular formula is C8H3Cl2F3. The predicted molar refractivity (Wildman–Crippen MR) is 46.1 cm³/mol. The van der Waals surface area contributed by atoms with Crippen LogP contribution < -0.4 is 0 Å². The summed E-state index contributed by atoms with van der Waals surface area (Å²) in [6, 6.07) is 3.07. The van der Waals surface area contributed by atoms with Crippen molar-refractivity contribution in [2.45, 2.75) is 0 Å². The first-order chi connectivity index (χ1) is 6.04. The minimum Gasteiger partial charge on any atom is -0.204 e. The van der Waals surface area contributed by atoms with E-state index in [9.17, 15) is 13.2 Å². The summed E-state index contributed by atoms with van der Waals surface area (Å²) in [5.74, 6) is -3.64. The van der Waals surface area contributed by atoms with E-state index >= 15 is 0 Å². The molecule has 0 unspecified atom stereocenters. The van der Waals surface area contributed by atoms with Gasteiger partial charge in [-0.2, -0.15) is 0 Å². The van der Waals surface area contributed by atoms with Gasteiger partial charge >= 0.3 is 0 Å². The van der Waals surface area contributed by atoms with Crippen LogP contribution in [0.25, 0.3) is 5.83 Å². The summed E-state index contributed by atoms with van der Waals surface area (Å²) in [6.07, 6.45) is 0. The van der Waals surface area contributed by atoms with Crippen molar-refractivity contribution in [3.63, 3.8) is 0 Å². The molecule has 70 valence electrons. The standard InChI is InChI=1S/C8H3Cl2F3/c9-8(10)7(13)4-2-1-3-5(11)6(4)12/h1-3H. The molecule has 0 bridgehead atoms. The second kappa shape index (κ2) is 4.03. The van der Waals surface area contributed by atoms with Gasteiger partial charge < -0.3 is 0 Å². The normalized spacial score (nSPS) is 9.92. The SMILES string of the molecule is FC(=C(Cl)Cl)c1cccc(F)c1F. The first kappa shape index (κ1) is 10.4. The average Bonchev–Trinajstić information content (AvgIpc) is 2.08. The Bertz CT molecular complexity index is 356. The van der Waals surface area contributed by atoms with Crippen LogP contribution in [0.5, 0.6) is 0 Å². The highest BCUT2D eigenvalue weighted by molar-refractivity contribution is 6.58. The third kappa shape index (κ3) is 2.17. The van der Waals surface area contributed by atoms with Crippen molar-refractivity contribution in [1.29, 1.82) is 0 Å². The van der Waals surface area contributed by atoms with E-state index in [0.717, 1.165) is 18.2 Å². The fraction of sp³-hybridized carbons (Fsp3) is 0. The molecule has 0 radical (unpaired) electrons. The lowest BCUT2D eigenvalue weighted by atomic mass is 10.2. The second-order valence-corrected chi connectivity index (χ2v) is 3.13. The van der Waals surface area contributed by atoms with Gasteiger partial charge in [0.2, 0.25) is 0 Å². The summed E-state index contributed by atoms with van der Waals surface area (Å²) in [4.78, 5) is 0. The topological polar surface area (TPSA) is 0 Å². The van der Waals surface area contributed by atoms with Crippen molar-refractivity contribution in [2.75, 3.05) is 0 Å². The molecule has 0 aliphatic carbocycles. The molecule has 0 atom stereocenters. The van der Waals surface area contributed by atoms with E-state index in [1.165, 1.54) is 0 Å². The van der Waals surface area contributed by atoms with E-state index in [2.05, 4.69) is 0 Å². The molecule has 0 aliphatic heterocycles. The van der Waals surface area contributed by atoms with Crippen molar-refractivity contribution in [3.8, 4) is 0 Å². The van der Waals surface area contributed by atoms with Gasteiger partial charge in [0, 0.05) is 0 Å². The summed E-state index contributed by atoms with van der Waals surface area (Å²) in [7, 11) is 0. The first-order valence-electron chi connectivity index (χ1n) is 3.19. The van der Waals surface area contributed by atoms with Crippen molar-refractivity contribution in [2.24, 2.45) is 0 Å². The van der Waals surface area contributed by atoms with Crippen molar-refractivity contribution >= 4 is 29.0 Å². The van der Waals surface area contributed by atoms with Gasteiger partial charge in [0.1, 0.15) is 4.49 Å². The van der Waals surface area contributed by atoms with Crippen LogP contribution >= 0.6 is 23.2 Å². The monoisotopic (exact) mass is 226 g/mol. The summed E-state index contributed by atoms with van der Waals surface area (Å²) in [5, 5.41) is 0. The minimum absolute atomic E-state index is 0.583. The lowest BCUT2D eigenvalue weighted by Crippen LogP contribution is -1.90. The van der Waals surface area contributed by atoms with Gasteiger partial charge in [0.25, 0.3) is 0 Å². The van der Waals surface area contributed by atoms with Crippen molar-refractivity contribution in [1.82, 2.24) is 0 Å². The van der Waals surface area contributed by atoms with E-state index < -0.39 is 27.5 Å². The molecule has 1 rings (SSSR count). The van der Waals surface area contributed by atoms with Crippen LogP contribution in [-0.2, 0) is 0 Å². The molecule has 5 heteroatoms. The quantitative estimate of drug-likeness (QED) is 0.679.